The molecule has 1 aromatic heterocycles. The Balaban J connectivity index is 1.99. The van der Waals surface area contributed by atoms with Crippen LogP contribution in [0.15, 0.2) is 36.7 Å². The number of benzene rings is 1. The van der Waals surface area contributed by atoms with Gasteiger partial charge in [-0.3, -0.25) is 0 Å². The number of methoxy groups -OCH3 is 1. The van der Waals surface area contributed by atoms with Gasteiger partial charge in [-0.1, -0.05) is 12.1 Å². The number of nitrogens with one attached hydrogen (secondary N) is 1. The Morgan fingerprint density at radius 3 is 3.00 bits per heavy atom. The standard InChI is InChI=1S/C15H21N3O/c1-4-18-9-8-16-15(18)11-17-12(2)13-6-5-7-14(10-13)19-3/h5-10,12,17H,4,11H2,1-3H3/t12-/m1/s1. The van der Waals surface area contributed by atoms with E-state index in [0.29, 0.717) is 0 Å². The molecular formula is C15H21N3O. The molecule has 1 aromatic carbocycles. The summed E-state index contributed by atoms with van der Waals surface area (Å²) in [6.07, 6.45) is 3.85. The molecule has 1 atom stereocenters. The summed E-state index contributed by atoms with van der Waals surface area (Å²) in [7, 11) is 1.69. The van der Waals surface area contributed by atoms with Crippen LogP contribution in [0.4, 0.5) is 0 Å². The van der Waals surface area contributed by atoms with Crippen LogP contribution in [0.3, 0.4) is 0 Å². The van der Waals surface area contributed by atoms with Gasteiger partial charge in [0.2, 0.25) is 0 Å². The highest BCUT2D eigenvalue weighted by Crippen LogP contribution is 2.18. The molecule has 2 aromatic rings. The van der Waals surface area contributed by atoms with Gasteiger partial charge in [0.15, 0.2) is 0 Å². The van der Waals surface area contributed by atoms with Crippen molar-refractivity contribution in [3.8, 4) is 5.75 Å². The summed E-state index contributed by atoms with van der Waals surface area (Å²) in [5.74, 6) is 1.96. The van der Waals surface area contributed by atoms with E-state index < -0.39 is 0 Å². The summed E-state index contributed by atoms with van der Waals surface area (Å²) in [5.41, 5.74) is 1.22. The Morgan fingerprint density at radius 1 is 1.42 bits per heavy atom. The van der Waals surface area contributed by atoms with Crippen LogP contribution < -0.4 is 10.1 Å². The number of rotatable bonds is 6. The lowest BCUT2D eigenvalue weighted by Gasteiger charge is -2.15. The van der Waals surface area contributed by atoms with Gasteiger partial charge in [0, 0.05) is 25.0 Å². The van der Waals surface area contributed by atoms with Crippen LogP contribution in [-0.4, -0.2) is 16.7 Å². The average molecular weight is 259 g/mol. The van der Waals surface area contributed by atoms with Gasteiger partial charge in [-0.15, -0.1) is 0 Å². The highest BCUT2D eigenvalue weighted by Gasteiger charge is 2.08. The number of nitrogens with zero attached hydrogens (tertiary/aromatic N) is 2. The monoisotopic (exact) mass is 259 g/mol. The van der Waals surface area contributed by atoms with Crippen LogP contribution >= 0.6 is 0 Å². The number of hydrogen-bond donors (Lipinski definition) is 1. The van der Waals surface area contributed by atoms with E-state index in [1.165, 1.54) is 5.56 Å². The SMILES string of the molecule is CCn1ccnc1CN[C@H](C)c1cccc(OC)c1. The minimum absolute atomic E-state index is 0.261. The van der Waals surface area contributed by atoms with E-state index in [9.17, 15) is 0 Å². The Morgan fingerprint density at radius 2 is 2.26 bits per heavy atom. The summed E-state index contributed by atoms with van der Waals surface area (Å²) < 4.78 is 7.39. The molecule has 0 saturated heterocycles. The summed E-state index contributed by atoms with van der Waals surface area (Å²) in [6.45, 7) is 5.98. The highest BCUT2D eigenvalue weighted by molar-refractivity contribution is 5.30. The minimum Gasteiger partial charge on any atom is -0.497 e. The highest BCUT2D eigenvalue weighted by atomic mass is 16.5. The molecule has 4 heteroatoms. The van der Waals surface area contributed by atoms with Crippen molar-refractivity contribution < 1.29 is 4.74 Å². The largest absolute Gasteiger partial charge is 0.497 e. The Hall–Kier alpha value is -1.81. The van der Waals surface area contributed by atoms with E-state index >= 15 is 0 Å². The maximum atomic E-state index is 5.25. The van der Waals surface area contributed by atoms with Gasteiger partial charge in [0.25, 0.3) is 0 Å². The molecule has 0 saturated carbocycles. The maximum absolute atomic E-state index is 5.25. The van der Waals surface area contributed by atoms with Crippen molar-refractivity contribution in [2.45, 2.75) is 33.0 Å². The third-order valence-corrected chi connectivity index (χ3v) is 3.30. The topological polar surface area (TPSA) is 39.1 Å². The quantitative estimate of drug-likeness (QED) is 0.867. The van der Waals surface area contributed by atoms with Crippen molar-refractivity contribution in [2.75, 3.05) is 7.11 Å². The number of aromatic nitrogens is 2. The summed E-state index contributed by atoms with van der Waals surface area (Å²) in [5, 5.41) is 3.49. The molecule has 0 aliphatic carbocycles. The molecule has 0 bridgehead atoms. The van der Waals surface area contributed by atoms with Gasteiger partial charge in [-0.25, -0.2) is 4.98 Å². The van der Waals surface area contributed by atoms with Crippen molar-refractivity contribution in [3.63, 3.8) is 0 Å². The molecule has 0 unspecified atom stereocenters. The zero-order valence-corrected chi connectivity index (χ0v) is 11.8. The first-order valence-electron chi connectivity index (χ1n) is 6.62. The maximum Gasteiger partial charge on any atom is 0.122 e. The lowest BCUT2D eigenvalue weighted by Crippen LogP contribution is -2.20. The molecule has 4 nitrogen and oxygen atoms in total. The van der Waals surface area contributed by atoms with Crippen molar-refractivity contribution in [3.05, 3.63) is 48.0 Å². The fourth-order valence-corrected chi connectivity index (χ4v) is 2.07. The van der Waals surface area contributed by atoms with Crippen molar-refractivity contribution in [1.82, 2.24) is 14.9 Å². The van der Waals surface area contributed by atoms with E-state index in [4.69, 9.17) is 4.74 Å². The number of aryl methyl sites for hydroxylation is 1. The molecule has 0 radical (unpaired) electrons. The Kier molecular flexibility index (Phi) is 4.58. The number of hydrogen-bond acceptors (Lipinski definition) is 3. The first-order valence-corrected chi connectivity index (χ1v) is 6.62. The molecule has 19 heavy (non-hydrogen) atoms. The fourth-order valence-electron chi connectivity index (χ4n) is 2.07. The molecule has 0 amide bonds. The van der Waals surface area contributed by atoms with Gasteiger partial charge in [0.1, 0.15) is 11.6 Å². The molecule has 0 fully saturated rings. The van der Waals surface area contributed by atoms with Crippen molar-refractivity contribution in [2.24, 2.45) is 0 Å². The summed E-state index contributed by atoms with van der Waals surface area (Å²) in [4.78, 5) is 4.36. The third kappa shape index (κ3) is 3.35. The zero-order valence-electron chi connectivity index (χ0n) is 11.8. The van der Waals surface area contributed by atoms with Crippen LogP contribution in [0.1, 0.15) is 31.3 Å². The number of imidazole rings is 1. The molecule has 0 aliphatic rings. The van der Waals surface area contributed by atoms with Crippen LogP contribution in [0, 0.1) is 0 Å². The molecule has 0 spiro atoms. The van der Waals surface area contributed by atoms with Gasteiger partial charge in [-0.05, 0) is 31.5 Å². The van der Waals surface area contributed by atoms with Gasteiger partial charge in [-0.2, -0.15) is 0 Å². The third-order valence-electron chi connectivity index (χ3n) is 3.30. The van der Waals surface area contributed by atoms with Crippen LogP contribution in [0.25, 0.3) is 0 Å². The molecular weight excluding hydrogens is 238 g/mol. The second-order valence-corrected chi connectivity index (χ2v) is 4.51. The molecule has 2 rings (SSSR count). The van der Waals surface area contributed by atoms with Crippen LogP contribution in [0.2, 0.25) is 0 Å². The zero-order chi connectivity index (χ0) is 13.7. The first kappa shape index (κ1) is 13.6. The van der Waals surface area contributed by atoms with Crippen LogP contribution in [-0.2, 0) is 13.1 Å². The lowest BCUT2D eigenvalue weighted by molar-refractivity contribution is 0.413. The van der Waals surface area contributed by atoms with E-state index in [0.717, 1.165) is 24.7 Å². The minimum atomic E-state index is 0.261. The van der Waals surface area contributed by atoms with E-state index in [-0.39, 0.29) is 6.04 Å². The molecule has 1 N–H and O–H groups in total. The molecule has 102 valence electrons. The van der Waals surface area contributed by atoms with Crippen molar-refractivity contribution >= 4 is 0 Å². The van der Waals surface area contributed by atoms with Crippen LogP contribution in [0.5, 0.6) is 5.75 Å². The van der Waals surface area contributed by atoms with Gasteiger partial charge >= 0.3 is 0 Å². The van der Waals surface area contributed by atoms with E-state index in [2.05, 4.69) is 40.8 Å². The van der Waals surface area contributed by atoms with E-state index in [1.54, 1.807) is 7.11 Å². The Labute approximate surface area is 114 Å². The summed E-state index contributed by atoms with van der Waals surface area (Å²) >= 11 is 0. The molecule has 1 heterocycles. The average Bonchev–Trinajstić information content (AvgIpc) is 2.92. The first-order chi connectivity index (χ1) is 9.24. The van der Waals surface area contributed by atoms with E-state index in [1.807, 2.05) is 24.5 Å². The predicted octanol–water partition coefficient (Wildman–Crippen LogP) is 2.76. The lowest BCUT2D eigenvalue weighted by atomic mass is 10.1. The summed E-state index contributed by atoms with van der Waals surface area (Å²) in [6, 6.07) is 8.40. The van der Waals surface area contributed by atoms with Gasteiger partial charge in [0.05, 0.1) is 13.7 Å². The smallest absolute Gasteiger partial charge is 0.122 e. The predicted molar refractivity (Wildman–Crippen MR) is 76.1 cm³/mol. The normalized spacial score (nSPS) is 12.4. The molecule has 0 aliphatic heterocycles. The second kappa shape index (κ2) is 6.38. The fraction of sp³-hybridized carbons (Fsp3) is 0.400. The Bertz CT molecular complexity index is 522. The van der Waals surface area contributed by atoms with Gasteiger partial charge < -0.3 is 14.6 Å². The van der Waals surface area contributed by atoms with Crippen molar-refractivity contribution in [1.29, 1.82) is 0 Å². The number of ether oxygens (including phenoxy) is 1. The second-order valence-electron chi connectivity index (χ2n) is 4.51.